The second-order valence-electron chi connectivity index (χ2n) is 5.17. The Hall–Kier alpha value is -2.49. The van der Waals surface area contributed by atoms with Gasteiger partial charge in [0.2, 0.25) is 0 Å². The summed E-state index contributed by atoms with van der Waals surface area (Å²) in [6, 6.07) is 7.50. The van der Waals surface area contributed by atoms with E-state index in [2.05, 4.69) is 16.9 Å². The molecule has 0 saturated heterocycles. The first-order valence-electron chi connectivity index (χ1n) is 7.51. The van der Waals surface area contributed by atoms with Crippen LogP contribution in [-0.2, 0) is 11.2 Å². The second-order valence-corrected chi connectivity index (χ2v) is 5.17. The van der Waals surface area contributed by atoms with Crippen LogP contribution in [0, 0.1) is 0 Å². The highest BCUT2D eigenvalue weighted by Gasteiger charge is 2.01. The van der Waals surface area contributed by atoms with Gasteiger partial charge in [0.25, 0.3) is 0 Å². The smallest absolute Gasteiger partial charge is 0.328 e. The number of unbranched alkanes of at least 4 members (excludes halogenated alkanes) is 2. The van der Waals surface area contributed by atoms with Crippen molar-refractivity contribution in [2.24, 2.45) is 0 Å². The summed E-state index contributed by atoms with van der Waals surface area (Å²) in [5, 5.41) is 8.60. The van der Waals surface area contributed by atoms with Crippen LogP contribution in [-0.4, -0.2) is 21.0 Å². The minimum atomic E-state index is -0.953. The average Bonchev–Trinajstić information content (AvgIpc) is 2.54. The molecule has 0 unspecified atom stereocenters. The molecule has 1 heterocycles. The zero-order chi connectivity index (χ0) is 15.8. The van der Waals surface area contributed by atoms with Crippen LogP contribution in [0.3, 0.4) is 0 Å². The molecule has 0 spiro atoms. The quantitative estimate of drug-likeness (QED) is 0.620. The number of carbonyl (C=O) groups is 1. The van der Waals surface area contributed by atoms with Crippen molar-refractivity contribution >= 4 is 12.0 Å². The minimum Gasteiger partial charge on any atom is -0.478 e. The third-order valence-corrected chi connectivity index (χ3v) is 3.36. The third-order valence-electron chi connectivity index (χ3n) is 3.36. The maximum absolute atomic E-state index is 10.5. The number of aryl methyl sites for hydroxylation is 1. The Balaban J connectivity index is 2.03. The Labute approximate surface area is 130 Å². The number of carboxylic acids is 1. The van der Waals surface area contributed by atoms with Crippen LogP contribution in [0.2, 0.25) is 0 Å². The molecule has 0 saturated carbocycles. The molecule has 1 N–H and O–H groups in total. The van der Waals surface area contributed by atoms with Gasteiger partial charge in [0, 0.05) is 24.0 Å². The topological polar surface area (TPSA) is 63.1 Å². The number of aliphatic carboxylic acids is 1. The normalized spacial score (nSPS) is 11.0. The lowest BCUT2D eigenvalue weighted by Gasteiger charge is -2.03. The number of benzene rings is 1. The van der Waals surface area contributed by atoms with E-state index in [0.29, 0.717) is 5.82 Å². The average molecular weight is 296 g/mol. The molecule has 4 heteroatoms. The molecular weight excluding hydrogens is 276 g/mol. The summed E-state index contributed by atoms with van der Waals surface area (Å²) in [6.07, 6.45) is 11.1. The maximum atomic E-state index is 10.5. The molecule has 0 radical (unpaired) electrons. The predicted molar refractivity (Wildman–Crippen MR) is 87.4 cm³/mol. The molecule has 2 rings (SSSR count). The first-order valence-corrected chi connectivity index (χ1v) is 7.51. The van der Waals surface area contributed by atoms with Crippen molar-refractivity contribution in [1.29, 1.82) is 0 Å². The summed E-state index contributed by atoms with van der Waals surface area (Å²) in [5.74, 6) is -0.265. The third kappa shape index (κ3) is 4.81. The summed E-state index contributed by atoms with van der Waals surface area (Å²) in [6.45, 7) is 2.19. The number of carboxylic acid groups (broad SMARTS) is 1. The summed E-state index contributed by atoms with van der Waals surface area (Å²) in [7, 11) is 0. The Morgan fingerprint density at radius 3 is 2.41 bits per heavy atom. The molecule has 0 atom stereocenters. The standard InChI is InChI=1S/C18H20N2O2/c1-2-3-4-5-15-12-19-18(20-13-15)16-9-6-14(7-10-16)8-11-17(21)22/h6-13H,2-5H2,1H3,(H,21,22). The summed E-state index contributed by atoms with van der Waals surface area (Å²) in [4.78, 5) is 19.3. The lowest BCUT2D eigenvalue weighted by molar-refractivity contribution is -0.131. The van der Waals surface area contributed by atoms with Gasteiger partial charge in [-0.3, -0.25) is 0 Å². The zero-order valence-electron chi connectivity index (χ0n) is 12.7. The van der Waals surface area contributed by atoms with E-state index in [0.717, 1.165) is 23.6 Å². The molecule has 1 aromatic carbocycles. The van der Waals surface area contributed by atoms with Gasteiger partial charge in [-0.1, -0.05) is 44.0 Å². The van der Waals surface area contributed by atoms with Crippen LogP contribution < -0.4 is 0 Å². The van der Waals surface area contributed by atoms with Gasteiger partial charge in [-0.05, 0) is 30.0 Å². The molecule has 22 heavy (non-hydrogen) atoms. The number of nitrogens with zero attached hydrogens (tertiary/aromatic N) is 2. The number of aromatic nitrogens is 2. The molecule has 0 aliphatic rings. The summed E-state index contributed by atoms with van der Waals surface area (Å²) >= 11 is 0. The van der Waals surface area contributed by atoms with Gasteiger partial charge in [0.1, 0.15) is 0 Å². The van der Waals surface area contributed by atoms with Crippen LogP contribution in [0.5, 0.6) is 0 Å². The van der Waals surface area contributed by atoms with Crippen molar-refractivity contribution in [3.05, 3.63) is 53.9 Å². The van der Waals surface area contributed by atoms with Crippen molar-refractivity contribution in [1.82, 2.24) is 9.97 Å². The van der Waals surface area contributed by atoms with E-state index in [9.17, 15) is 4.79 Å². The molecule has 114 valence electrons. The van der Waals surface area contributed by atoms with E-state index in [1.165, 1.54) is 24.8 Å². The lowest BCUT2D eigenvalue weighted by atomic mass is 10.1. The largest absolute Gasteiger partial charge is 0.478 e. The molecule has 0 fully saturated rings. The van der Waals surface area contributed by atoms with Gasteiger partial charge in [0.05, 0.1) is 0 Å². The first-order chi connectivity index (χ1) is 10.7. The first kappa shape index (κ1) is 15.9. The molecule has 0 amide bonds. The van der Waals surface area contributed by atoms with Crippen molar-refractivity contribution in [2.75, 3.05) is 0 Å². The van der Waals surface area contributed by atoms with Crippen molar-refractivity contribution in [3.8, 4) is 11.4 Å². The number of hydrogen-bond donors (Lipinski definition) is 1. The van der Waals surface area contributed by atoms with Gasteiger partial charge in [0.15, 0.2) is 5.82 Å². The highest BCUT2D eigenvalue weighted by molar-refractivity contribution is 5.85. The highest BCUT2D eigenvalue weighted by Crippen LogP contribution is 2.16. The fourth-order valence-corrected chi connectivity index (χ4v) is 2.12. The zero-order valence-corrected chi connectivity index (χ0v) is 12.7. The van der Waals surface area contributed by atoms with Gasteiger partial charge in [-0.15, -0.1) is 0 Å². The second kappa shape index (κ2) is 8.08. The van der Waals surface area contributed by atoms with Crippen molar-refractivity contribution in [2.45, 2.75) is 32.6 Å². The van der Waals surface area contributed by atoms with Crippen LogP contribution in [0.25, 0.3) is 17.5 Å². The molecule has 2 aromatic rings. The SMILES string of the molecule is CCCCCc1cnc(-c2ccc(C=CC(=O)O)cc2)nc1. The molecule has 4 nitrogen and oxygen atoms in total. The summed E-state index contributed by atoms with van der Waals surface area (Å²) in [5.41, 5.74) is 2.92. The van der Waals surface area contributed by atoms with Crippen LogP contribution in [0.1, 0.15) is 37.3 Å². The molecule has 0 aliphatic carbocycles. The molecule has 0 aliphatic heterocycles. The van der Waals surface area contributed by atoms with Crippen LogP contribution in [0.4, 0.5) is 0 Å². The van der Waals surface area contributed by atoms with E-state index >= 15 is 0 Å². The van der Waals surface area contributed by atoms with E-state index in [-0.39, 0.29) is 0 Å². The molecule has 1 aromatic heterocycles. The van der Waals surface area contributed by atoms with Gasteiger partial charge >= 0.3 is 5.97 Å². The van der Waals surface area contributed by atoms with Crippen LogP contribution in [0.15, 0.2) is 42.7 Å². The Bertz CT molecular complexity index is 631. The fraction of sp³-hybridized carbons (Fsp3) is 0.278. The van der Waals surface area contributed by atoms with E-state index < -0.39 is 5.97 Å². The van der Waals surface area contributed by atoms with Crippen molar-refractivity contribution in [3.63, 3.8) is 0 Å². The lowest BCUT2D eigenvalue weighted by Crippen LogP contribution is -1.93. The van der Waals surface area contributed by atoms with Crippen molar-refractivity contribution < 1.29 is 9.90 Å². The van der Waals surface area contributed by atoms with Gasteiger partial charge < -0.3 is 5.11 Å². The predicted octanol–water partition coefficient (Wildman–Crippen LogP) is 3.97. The molecule has 0 bridgehead atoms. The van der Waals surface area contributed by atoms with Gasteiger partial charge in [-0.2, -0.15) is 0 Å². The highest BCUT2D eigenvalue weighted by atomic mass is 16.4. The minimum absolute atomic E-state index is 0.688. The fourth-order valence-electron chi connectivity index (χ4n) is 2.12. The summed E-state index contributed by atoms with van der Waals surface area (Å²) < 4.78 is 0. The Morgan fingerprint density at radius 2 is 1.82 bits per heavy atom. The van der Waals surface area contributed by atoms with E-state index in [1.807, 2.05) is 36.7 Å². The van der Waals surface area contributed by atoms with E-state index in [1.54, 1.807) is 6.08 Å². The molecular formula is C18H20N2O2. The Kier molecular flexibility index (Phi) is 5.83. The number of hydrogen-bond acceptors (Lipinski definition) is 3. The Morgan fingerprint density at radius 1 is 1.14 bits per heavy atom. The number of rotatable bonds is 7. The van der Waals surface area contributed by atoms with E-state index in [4.69, 9.17) is 5.11 Å². The van der Waals surface area contributed by atoms with Gasteiger partial charge in [-0.25, -0.2) is 14.8 Å². The maximum Gasteiger partial charge on any atom is 0.328 e. The monoisotopic (exact) mass is 296 g/mol. The van der Waals surface area contributed by atoms with Crippen LogP contribution >= 0.6 is 0 Å².